The van der Waals surface area contributed by atoms with Gasteiger partial charge >= 0.3 is 0 Å². The van der Waals surface area contributed by atoms with Crippen molar-refractivity contribution in [1.82, 2.24) is 4.90 Å². The molecule has 1 saturated heterocycles. The lowest BCUT2D eigenvalue weighted by Crippen LogP contribution is -2.51. The summed E-state index contributed by atoms with van der Waals surface area (Å²) >= 11 is 0. The number of hydrogen-bond donors (Lipinski definition) is 1. The molecular weight excluding hydrogens is 236 g/mol. The first kappa shape index (κ1) is 14.1. The van der Waals surface area contributed by atoms with Gasteiger partial charge in [0.15, 0.2) is 0 Å². The summed E-state index contributed by atoms with van der Waals surface area (Å²) in [5, 5.41) is 0. The van der Waals surface area contributed by atoms with E-state index in [1.54, 1.807) is 0 Å². The van der Waals surface area contributed by atoms with Crippen LogP contribution in [0.4, 0.5) is 0 Å². The van der Waals surface area contributed by atoms with Gasteiger partial charge in [0.25, 0.3) is 5.91 Å². The fraction of sp³-hybridized carbons (Fsp3) is 0.562. The maximum atomic E-state index is 12.8. The Labute approximate surface area is 115 Å². The van der Waals surface area contributed by atoms with Crippen LogP contribution >= 0.6 is 0 Å². The molecule has 1 aromatic rings. The summed E-state index contributed by atoms with van der Waals surface area (Å²) in [6.45, 7) is 7.60. The topological polar surface area (TPSA) is 46.3 Å². The average Bonchev–Trinajstić information content (AvgIpc) is 2.40. The third-order valence-corrected chi connectivity index (χ3v) is 4.24. The maximum absolute atomic E-state index is 12.8. The van der Waals surface area contributed by atoms with Crippen LogP contribution in [0.5, 0.6) is 0 Å². The van der Waals surface area contributed by atoms with Gasteiger partial charge in [-0.2, -0.15) is 0 Å². The van der Waals surface area contributed by atoms with Crippen molar-refractivity contribution in [1.29, 1.82) is 0 Å². The van der Waals surface area contributed by atoms with E-state index in [9.17, 15) is 4.79 Å². The summed E-state index contributed by atoms with van der Waals surface area (Å²) in [6.07, 6.45) is 2.24. The fourth-order valence-corrected chi connectivity index (χ4v) is 2.98. The lowest BCUT2D eigenvalue weighted by atomic mass is 9.90. The van der Waals surface area contributed by atoms with Gasteiger partial charge in [0.2, 0.25) is 0 Å². The number of amides is 1. The van der Waals surface area contributed by atoms with Crippen LogP contribution in [0.1, 0.15) is 41.3 Å². The quantitative estimate of drug-likeness (QED) is 0.888. The van der Waals surface area contributed by atoms with Gasteiger partial charge < -0.3 is 10.6 Å². The highest BCUT2D eigenvalue weighted by molar-refractivity contribution is 5.96. The van der Waals surface area contributed by atoms with E-state index in [0.717, 1.165) is 29.7 Å². The van der Waals surface area contributed by atoms with Crippen molar-refractivity contribution in [3.63, 3.8) is 0 Å². The fourth-order valence-electron chi connectivity index (χ4n) is 2.98. The molecule has 1 amide bonds. The Morgan fingerprint density at radius 3 is 2.84 bits per heavy atom. The van der Waals surface area contributed by atoms with Crippen molar-refractivity contribution in [2.45, 2.75) is 39.7 Å². The zero-order valence-electron chi connectivity index (χ0n) is 12.1. The molecule has 2 N–H and O–H groups in total. The van der Waals surface area contributed by atoms with Gasteiger partial charge in [-0.1, -0.05) is 24.6 Å². The minimum atomic E-state index is 0.142. The highest BCUT2D eigenvalue weighted by Crippen LogP contribution is 2.25. The summed E-state index contributed by atoms with van der Waals surface area (Å²) in [5.41, 5.74) is 8.87. The zero-order valence-corrected chi connectivity index (χ0v) is 12.1. The second-order valence-corrected chi connectivity index (χ2v) is 5.74. The lowest BCUT2D eigenvalue weighted by Gasteiger charge is -2.39. The Morgan fingerprint density at radius 1 is 1.42 bits per heavy atom. The summed E-state index contributed by atoms with van der Waals surface area (Å²) in [6, 6.07) is 6.24. The van der Waals surface area contributed by atoms with E-state index in [0.29, 0.717) is 12.5 Å². The summed E-state index contributed by atoms with van der Waals surface area (Å²) < 4.78 is 0. The molecule has 1 heterocycles. The van der Waals surface area contributed by atoms with Gasteiger partial charge in [-0.25, -0.2) is 0 Å². The van der Waals surface area contributed by atoms with E-state index in [1.807, 2.05) is 36.9 Å². The molecule has 2 rings (SSSR count). The van der Waals surface area contributed by atoms with Crippen molar-refractivity contribution in [3.05, 3.63) is 34.9 Å². The molecule has 104 valence electrons. The molecule has 2 atom stereocenters. The number of likely N-dealkylation sites (tertiary alicyclic amines) is 1. The molecule has 0 radical (unpaired) electrons. The molecule has 1 aliphatic rings. The van der Waals surface area contributed by atoms with Gasteiger partial charge in [-0.3, -0.25) is 4.79 Å². The minimum Gasteiger partial charge on any atom is -0.334 e. The van der Waals surface area contributed by atoms with E-state index in [-0.39, 0.29) is 11.9 Å². The van der Waals surface area contributed by atoms with Gasteiger partial charge in [-0.15, -0.1) is 0 Å². The number of rotatable bonds is 2. The minimum absolute atomic E-state index is 0.142. The number of nitrogens with two attached hydrogens (primary N) is 1. The molecular formula is C16H24N2O. The highest BCUT2D eigenvalue weighted by Gasteiger charge is 2.31. The number of carbonyl (C=O) groups excluding carboxylic acids is 1. The Balaban J connectivity index is 2.29. The molecule has 1 fully saturated rings. The van der Waals surface area contributed by atoms with Crippen LogP contribution in [0.3, 0.4) is 0 Å². The summed E-state index contributed by atoms with van der Waals surface area (Å²) in [4.78, 5) is 14.7. The van der Waals surface area contributed by atoms with E-state index >= 15 is 0 Å². The van der Waals surface area contributed by atoms with Crippen LogP contribution < -0.4 is 5.73 Å². The van der Waals surface area contributed by atoms with Gasteiger partial charge in [0.05, 0.1) is 0 Å². The van der Waals surface area contributed by atoms with E-state index in [2.05, 4.69) is 6.92 Å². The predicted molar refractivity (Wildman–Crippen MR) is 78.2 cm³/mol. The Morgan fingerprint density at radius 2 is 2.16 bits per heavy atom. The maximum Gasteiger partial charge on any atom is 0.254 e. The molecule has 0 aromatic heterocycles. The van der Waals surface area contributed by atoms with E-state index in [4.69, 9.17) is 5.73 Å². The van der Waals surface area contributed by atoms with Crippen molar-refractivity contribution < 1.29 is 4.79 Å². The van der Waals surface area contributed by atoms with Crippen molar-refractivity contribution in [3.8, 4) is 0 Å². The Kier molecular flexibility index (Phi) is 4.25. The summed E-state index contributed by atoms with van der Waals surface area (Å²) in [7, 11) is 0. The van der Waals surface area contributed by atoms with Crippen LogP contribution in [0, 0.1) is 19.8 Å². The van der Waals surface area contributed by atoms with Crippen LogP contribution in [-0.2, 0) is 0 Å². The van der Waals surface area contributed by atoms with Crippen molar-refractivity contribution in [2.24, 2.45) is 11.7 Å². The second-order valence-electron chi connectivity index (χ2n) is 5.74. The SMILES string of the molecule is Cc1ccc(C)c(C(=O)N2CCCC(C)C2CN)c1. The summed E-state index contributed by atoms with van der Waals surface area (Å²) in [5.74, 6) is 0.635. The average molecular weight is 260 g/mol. The first-order chi connectivity index (χ1) is 9.04. The van der Waals surface area contributed by atoms with Crippen LogP contribution in [0.25, 0.3) is 0 Å². The van der Waals surface area contributed by atoms with E-state index < -0.39 is 0 Å². The number of aryl methyl sites for hydroxylation is 2. The largest absolute Gasteiger partial charge is 0.334 e. The molecule has 0 spiro atoms. The molecule has 1 aliphatic heterocycles. The molecule has 2 unspecified atom stereocenters. The Hall–Kier alpha value is -1.35. The number of carbonyl (C=O) groups is 1. The first-order valence-corrected chi connectivity index (χ1v) is 7.13. The second kappa shape index (κ2) is 5.74. The molecule has 0 saturated carbocycles. The number of hydrogen-bond acceptors (Lipinski definition) is 2. The standard InChI is InChI=1S/C16H24N2O/c1-11-6-7-12(2)14(9-11)16(19)18-8-4-5-13(3)15(18)10-17/h6-7,9,13,15H,4-5,8,10,17H2,1-3H3. The van der Waals surface area contributed by atoms with E-state index in [1.165, 1.54) is 6.42 Å². The van der Waals surface area contributed by atoms with Gasteiger partial charge in [0, 0.05) is 24.7 Å². The number of benzene rings is 1. The normalized spacial score (nSPS) is 23.5. The third kappa shape index (κ3) is 2.81. The number of piperidine rings is 1. The lowest BCUT2D eigenvalue weighted by molar-refractivity contribution is 0.0532. The molecule has 3 heteroatoms. The van der Waals surface area contributed by atoms with Gasteiger partial charge in [0.1, 0.15) is 0 Å². The van der Waals surface area contributed by atoms with Crippen LogP contribution in [0.2, 0.25) is 0 Å². The molecule has 0 bridgehead atoms. The predicted octanol–water partition coefficient (Wildman–Crippen LogP) is 2.50. The van der Waals surface area contributed by atoms with Crippen molar-refractivity contribution >= 4 is 5.91 Å². The highest BCUT2D eigenvalue weighted by atomic mass is 16.2. The monoisotopic (exact) mass is 260 g/mol. The molecule has 3 nitrogen and oxygen atoms in total. The third-order valence-electron chi connectivity index (χ3n) is 4.24. The van der Waals surface area contributed by atoms with Gasteiger partial charge in [-0.05, 0) is 44.2 Å². The molecule has 1 aromatic carbocycles. The zero-order chi connectivity index (χ0) is 14.0. The molecule has 19 heavy (non-hydrogen) atoms. The first-order valence-electron chi connectivity index (χ1n) is 7.13. The van der Waals surface area contributed by atoms with Crippen LogP contribution in [0.15, 0.2) is 18.2 Å². The van der Waals surface area contributed by atoms with Crippen molar-refractivity contribution in [2.75, 3.05) is 13.1 Å². The van der Waals surface area contributed by atoms with Crippen LogP contribution in [-0.4, -0.2) is 29.9 Å². The smallest absolute Gasteiger partial charge is 0.254 e. The Bertz CT molecular complexity index is 470. The molecule has 0 aliphatic carbocycles. The number of nitrogens with zero attached hydrogens (tertiary/aromatic N) is 1.